The van der Waals surface area contributed by atoms with Gasteiger partial charge in [-0.05, 0) is 18.4 Å². The van der Waals surface area contributed by atoms with Gasteiger partial charge in [0.25, 0.3) is 0 Å². The lowest BCUT2D eigenvalue weighted by Gasteiger charge is -2.27. The van der Waals surface area contributed by atoms with Crippen molar-refractivity contribution in [1.82, 2.24) is 4.98 Å². The van der Waals surface area contributed by atoms with Crippen molar-refractivity contribution in [1.29, 1.82) is 0 Å². The fourth-order valence-electron chi connectivity index (χ4n) is 2.33. The molecule has 0 radical (unpaired) electrons. The highest BCUT2D eigenvalue weighted by molar-refractivity contribution is 5.56. The number of aliphatic hydroxyl groups is 1. The Morgan fingerprint density at radius 1 is 1.56 bits per heavy atom. The standard InChI is InChI=1S/C12H19N3O/c1-9-3-4-15(12(9)8-16)11-5-10(13-2)6-14-7-11/h5-7,9,12-13,16H,3-4,8H2,1-2H3. The van der Waals surface area contributed by atoms with Gasteiger partial charge >= 0.3 is 0 Å². The van der Waals surface area contributed by atoms with Crippen molar-refractivity contribution in [3.8, 4) is 0 Å². The van der Waals surface area contributed by atoms with E-state index in [1.54, 1.807) is 6.20 Å². The average molecular weight is 221 g/mol. The van der Waals surface area contributed by atoms with Gasteiger partial charge in [0.05, 0.1) is 36.4 Å². The highest BCUT2D eigenvalue weighted by Crippen LogP contribution is 2.29. The lowest BCUT2D eigenvalue weighted by molar-refractivity contribution is 0.244. The minimum absolute atomic E-state index is 0.213. The van der Waals surface area contributed by atoms with Crippen molar-refractivity contribution in [2.75, 3.05) is 30.4 Å². The molecule has 0 spiro atoms. The highest BCUT2D eigenvalue weighted by atomic mass is 16.3. The summed E-state index contributed by atoms with van der Waals surface area (Å²) in [4.78, 5) is 6.46. The van der Waals surface area contributed by atoms with Crippen molar-refractivity contribution in [3.63, 3.8) is 0 Å². The van der Waals surface area contributed by atoms with Gasteiger partial charge in [0.1, 0.15) is 0 Å². The lowest BCUT2D eigenvalue weighted by Crippen LogP contribution is -2.35. The fraction of sp³-hybridized carbons (Fsp3) is 0.583. The molecule has 1 fully saturated rings. The lowest BCUT2D eigenvalue weighted by atomic mass is 10.0. The summed E-state index contributed by atoms with van der Waals surface area (Å²) in [5.41, 5.74) is 2.10. The molecule has 0 aliphatic carbocycles. The van der Waals surface area contributed by atoms with Crippen LogP contribution in [0, 0.1) is 5.92 Å². The van der Waals surface area contributed by atoms with Crippen LogP contribution < -0.4 is 10.2 Å². The van der Waals surface area contributed by atoms with Gasteiger partial charge in [0.15, 0.2) is 0 Å². The van der Waals surface area contributed by atoms with Gasteiger partial charge in [-0.3, -0.25) is 4.98 Å². The Morgan fingerprint density at radius 2 is 2.38 bits per heavy atom. The molecule has 1 saturated heterocycles. The second-order valence-corrected chi connectivity index (χ2v) is 4.39. The summed E-state index contributed by atoms with van der Waals surface area (Å²) in [5, 5.41) is 12.5. The van der Waals surface area contributed by atoms with E-state index < -0.39 is 0 Å². The first-order valence-electron chi connectivity index (χ1n) is 5.76. The number of rotatable bonds is 3. The van der Waals surface area contributed by atoms with E-state index in [0.29, 0.717) is 5.92 Å². The van der Waals surface area contributed by atoms with Crippen LogP contribution in [0.5, 0.6) is 0 Å². The van der Waals surface area contributed by atoms with Crippen molar-refractivity contribution in [2.24, 2.45) is 5.92 Å². The number of pyridine rings is 1. The zero-order valence-electron chi connectivity index (χ0n) is 9.85. The van der Waals surface area contributed by atoms with Crippen LogP contribution in [0.4, 0.5) is 11.4 Å². The Balaban J connectivity index is 2.22. The van der Waals surface area contributed by atoms with Crippen LogP contribution in [0.25, 0.3) is 0 Å². The van der Waals surface area contributed by atoms with Gasteiger partial charge in [-0.2, -0.15) is 0 Å². The highest BCUT2D eigenvalue weighted by Gasteiger charge is 2.30. The van der Waals surface area contributed by atoms with Crippen LogP contribution in [-0.2, 0) is 0 Å². The number of nitrogens with one attached hydrogen (secondary N) is 1. The fourth-order valence-corrected chi connectivity index (χ4v) is 2.33. The summed E-state index contributed by atoms with van der Waals surface area (Å²) in [6.45, 7) is 3.41. The average Bonchev–Trinajstić information content (AvgIpc) is 2.70. The minimum Gasteiger partial charge on any atom is -0.394 e. The molecule has 2 heterocycles. The zero-order chi connectivity index (χ0) is 11.5. The molecule has 1 aliphatic heterocycles. The predicted octanol–water partition coefficient (Wildman–Crippen LogP) is 1.33. The molecule has 1 aromatic heterocycles. The molecule has 0 aromatic carbocycles. The number of aliphatic hydroxyl groups excluding tert-OH is 1. The van der Waals surface area contributed by atoms with Crippen LogP contribution in [0.3, 0.4) is 0 Å². The molecule has 0 bridgehead atoms. The predicted molar refractivity (Wildman–Crippen MR) is 65.8 cm³/mol. The molecular formula is C12H19N3O. The summed E-state index contributed by atoms with van der Waals surface area (Å²) < 4.78 is 0. The molecule has 1 aromatic rings. The Bertz CT molecular complexity index is 356. The van der Waals surface area contributed by atoms with Gasteiger partial charge in [0, 0.05) is 13.6 Å². The smallest absolute Gasteiger partial charge is 0.0637 e. The molecule has 1 aliphatic rings. The molecule has 4 heteroatoms. The van der Waals surface area contributed by atoms with E-state index in [1.165, 1.54) is 0 Å². The van der Waals surface area contributed by atoms with E-state index in [9.17, 15) is 5.11 Å². The number of anilines is 2. The summed E-state index contributed by atoms with van der Waals surface area (Å²) in [7, 11) is 1.89. The molecule has 2 rings (SSSR count). The van der Waals surface area contributed by atoms with Crippen LogP contribution in [0.1, 0.15) is 13.3 Å². The molecule has 2 unspecified atom stereocenters. The van der Waals surface area contributed by atoms with E-state index in [0.717, 1.165) is 24.3 Å². The van der Waals surface area contributed by atoms with Crippen molar-refractivity contribution < 1.29 is 5.11 Å². The minimum atomic E-state index is 0.213. The zero-order valence-corrected chi connectivity index (χ0v) is 9.85. The molecule has 0 saturated carbocycles. The van der Waals surface area contributed by atoms with E-state index in [-0.39, 0.29) is 12.6 Å². The largest absolute Gasteiger partial charge is 0.394 e. The van der Waals surface area contributed by atoms with Gasteiger partial charge in [0.2, 0.25) is 0 Å². The quantitative estimate of drug-likeness (QED) is 0.808. The first-order chi connectivity index (χ1) is 7.76. The van der Waals surface area contributed by atoms with Crippen molar-refractivity contribution >= 4 is 11.4 Å². The van der Waals surface area contributed by atoms with Crippen LogP contribution in [0.2, 0.25) is 0 Å². The van der Waals surface area contributed by atoms with E-state index in [4.69, 9.17) is 0 Å². The Hall–Kier alpha value is -1.29. The maximum Gasteiger partial charge on any atom is 0.0637 e. The molecular weight excluding hydrogens is 202 g/mol. The Kier molecular flexibility index (Phi) is 3.29. The van der Waals surface area contributed by atoms with Crippen molar-refractivity contribution in [3.05, 3.63) is 18.5 Å². The SMILES string of the molecule is CNc1cncc(N2CCC(C)C2CO)c1. The first-order valence-corrected chi connectivity index (χ1v) is 5.76. The van der Waals surface area contributed by atoms with E-state index >= 15 is 0 Å². The summed E-state index contributed by atoms with van der Waals surface area (Å²) in [6, 6.07) is 2.31. The Labute approximate surface area is 96.3 Å². The third kappa shape index (κ3) is 1.97. The molecule has 16 heavy (non-hydrogen) atoms. The van der Waals surface area contributed by atoms with Gasteiger partial charge in [-0.15, -0.1) is 0 Å². The third-order valence-corrected chi connectivity index (χ3v) is 3.41. The van der Waals surface area contributed by atoms with Gasteiger partial charge < -0.3 is 15.3 Å². The number of hydrogen-bond donors (Lipinski definition) is 2. The number of aromatic nitrogens is 1. The van der Waals surface area contributed by atoms with Gasteiger partial charge in [-0.25, -0.2) is 0 Å². The number of nitrogens with zero attached hydrogens (tertiary/aromatic N) is 2. The summed E-state index contributed by atoms with van der Waals surface area (Å²) in [5.74, 6) is 0.545. The van der Waals surface area contributed by atoms with E-state index in [2.05, 4.69) is 28.2 Å². The third-order valence-electron chi connectivity index (χ3n) is 3.41. The molecule has 4 nitrogen and oxygen atoms in total. The first kappa shape index (κ1) is 11.2. The second-order valence-electron chi connectivity index (χ2n) is 4.39. The maximum absolute atomic E-state index is 9.42. The van der Waals surface area contributed by atoms with E-state index in [1.807, 2.05) is 13.2 Å². The summed E-state index contributed by atoms with van der Waals surface area (Å²) >= 11 is 0. The van der Waals surface area contributed by atoms with Crippen LogP contribution in [0.15, 0.2) is 18.5 Å². The molecule has 88 valence electrons. The monoisotopic (exact) mass is 221 g/mol. The maximum atomic E-state index is 9.42. The topological polar surface area (TPSA) is 48.4 Å². The normalized spacial score (nSPS) is 24.8. The van der Waals surface area contributed by atoms with Crippen LogP contribution >= 0.6 is 0 Å². The summed E-state index contributed by atoms with van der Waals surface area (Å²) in [6.07, 6.45) is 4.80. The van der Waals surface area contributed by atoms with Gasteiger partial charge in [-0.1, -0.05) is 6.92 Å². The second kappa shape index (κ2) is 4.70. The molecule has 2 N–H and O–H groups in total. The Morgan fingerprint density at radius 3 is 3.06 bits per heavy atom. The van der Waals surface area contributed by atoms with Crippen molar-refractivity contribution in [2.45, 2.75) is 19.4 Å². The number of hydrogen-bond acceptors (Lipinski definition) is 4. The molecule has 0 amide bonds. The molecule has 2 atom stereocenters. The van der Waals surface area contributed by atoms with Crippen LogP contribution in [-0.4, -0.2) is 36.3 Å².